The van der Waals surface area contributed by atoms with E-state index in [9.17, 15) is 4.89 Å². The van der Waals surface area contributed by atoms with Crippen LogP contribution in [0, 0.1) is 6.92 Å². The van der Waals surface area contributed by atoms with Crippen LogP contribution in [-0.4, -0.2) is 12.8 Å². The third-order valence-corrected chi connectivity index (χ3v) is 4.40. The molecule has 0 bridgehead atoms. The fourth-order valence-corrected chi connectivity index (χ4v) is 3.34. The molecule has 0 fully saturated rings. The van der Waals surface area contributed by atoms with Crippen molar-refractivity contribution in [2.24, 2.45) is 0 Å². The lowest BCUT2D eigenvalue weighted by atomic mass is 10.1. The predicted molar refractivity (Wildman–Crippen MR) is 68.1 cm³/mol. The minimum atomic E-state index is -3.02. The Morgan fingerprint density at radius 2 is 2.24 bits per heavy atom. The molecule has 17 heavy (non-hydrogen) atoms. The van der Waals surface area contributed by atoms with Gasteiger partial charge in [-0.2, -0.15) is 0 Å². The van der Waals surface area contributed by atoms with E-state index in [0.29, 0.717) is 18.5 Å². The van der Waals surface area contributed by atoms with Crippen molar-refractivity contribution in [1.82, 2.24) is 0 Å². The molecule has 3 nitrogen and oxygen atoms in total. The van der Waals surface area contributed by atoms with Gasteiger partial charge in [0.2, 0.25) is 0 Å². The second-order valence-corrected chi connectivity index (χ2v) is 6.12. The summed E-state index contributed by atoms with van der Waals surface area (Å²) < 4.78 is 10.9. The van der Waals surface area contributed by atoms with E-state index in [0.717, 1.165) is 12.0 Å². The average Bonchev–Trinajstić information content (AvgIpc) is 2.26. The van der Waals surface area contributed by atoms with Crippen LogP contribution in [0.25, 0.3) is 0 Å². The number of benzene rings is 1. The number of hydrogen-bond donors (Lipinski definition) is 0. The van der Waals surface area contributed by atoms with Crippen LogP contribution in [0.5, 0.6) is 5.75 Å². The van der Waals surface area contributed by atoms with Gasteiger partial charge >= 0.3 is 0 Å². The maximum absolute atomic E-state index is 12.4. The molecule has 0 saturated carbocycles. The molecule has 0 radical (unpaired) electrons. The van der Waals surface area contributed by atoms with E-state index in [1.165, 1.54) is 5.56 Å². The molecule has 0 aromatic heterocycles. The third-order valence-electron chi connectivity index (χ3n) is 2.61. The summed E-state index contributed by atoms with van der Waals surface area (Å²) in [5, 5.41) is 0. The van der Waals surface area contributed by atoms with E-state index >= 15 is 0 Å². The highest BCUT2D eigenvalue weighted by molar-refractivity contribution is 7.59. The molecule has 0 aliphatic carbocycles. The molecule has 1 heterocycles. The standard InChI is InChI=1S/C13H17O3P/c1-3-15-17(14)9-5-4-6-12-10-11(2)7-8-13(12)16-17/h4-5,7-8,10H,3,6,9H2,1-2H3/b5-4-. The van der Waals surface area contributed by atoms with Crippen molar-refractivity contribution in [1.29, 1.82) is 0 Å². The normalized spacial score (nSPS) is 25.4. The highest BCUT2D eigenvalue weighted by Gasteiger charge is 2.31. The molecular formula is C13H17O3P. The lowest BCUT2D eigenvalue weighted by molar-refractivity contribution is -0.209. The van der Waals surface area contributed by atoms with Crippen LogP contribution >= 0.6 is 7.94 Å². The van der Waals surface area contributed by atoms with Crippen LogP contribution < -0.4 is 9.42 Å². The molecule has 1 aromatic rings. The molecule has 0 N–H and O–H groups in total. The van der Waals surface area contributed by atoms with Crippen LogP contribution in [0.3, 0.4) is 0 Å². The minimum absolute atomic E-state index is 0.341. The fraction of sp³-hybridized carbons (Fsp3) is 0.385. The van der Waals surface area contributed by atoms with Gasteiger partial charge in [-0.15, -0.1) is 0 Å². The van der Waals surface area contributed by atoms with Crippen LogP contribution in [-0.2, 0) is 10.9 Å². The molecule has 2 rings (SSSR count). The quantitative estimate of drug-likeness (QED) is 0.600. The van der Waals surface area contributed by atoms with Crippen LogP contribution in [0.15, 0.2) is 30.4 Å². The molecular weight excluding hydrogens is 235 g/mol. The highest BCUT2D eigenvalue weighted by Crippen LogP contribution is 2.53. The molecule has 1 aliphatic rings. The Kier molecular flexibility index (Phi) is 3.82. The minimum Gasteiger partial charge on any atom is -0.624 e. The number of fused-ring (bicyclic) bond motifs is 1. The molecule has 1 atom stereocenters. The molecule has 1 unspecified atom stereocenters. The van der Waals surface area contributed by atoms with Crippen LogP contribution in [0.2, 0.25) is 0 Å². The van der Waals surface area contributed by atoms with Gasteiger partial charge in [0, 0.05) is 5.56 Å². The Labute approximate surface area is 103 Å². The first-order valence-electron chi connectivity index (χ1n) is 5.81. The average molecular weight is 252 g/mol. The first-order chi connectivity index (χ1) is 8.13. The molecule has 1 aromatic carbocycles. The van der Waals surface area contributed by atoms with Crippen LogP contribution in [0.1, 0.15) is 18.1 Å². The largest absolute Gasteiger partial charge is 0.624 e. The predicted octanol–water partition coefficient (Wildman–Crippen LogP) is 2.65. The van der Waals surface area contributed by atoms with Crippen molar-refractivity contribution in [3.05, 3.63) is 41.5 Å². The van der Waals surface area contributed by atoms with Crippen molar-refractivity contribution < 1.29 is 13.9 Å². The first-order valence-corrected chi connectivity index (χ1v) is 7.53. The van der Waals surface area contributed by atoms with Crippen molar-refractivity contribution in [3.8, 4) is 5.75 Å². The number of allylic oxidation sites excluding steroid dienone is 2. The highest BCUT2D eigenvalue weighted by atomic mass is 31.2. The van der Waals surface area contributed by atoms with E-state index in [4.69, 9.17) is 9.05 Å². The van der Waals surface area contributed by atoms with Gasteiger partial charge in [-0.25, -0.2) is 4.52 Å². The van der Waals surface area contributed by atoms with E-state index in [1.807, 2.05) is 38.1 Å². The Morgan fingerprint density at radius 1 is 1.41 bits per heavy atom. The Hall–Kier alpha value is -0.890. The Bertz CT molecular complexity index is 431. The van der Waals surface area contributed by atoms with Gasteiger partial charge in [0.1, 0.15) is 6.16 Å². The second-order valence-electron chi connectivity index (χ2n) is 4.09. The van der Waals surface area contributed by atoms with Gasteiger partial charge in [-0.1, -0.05) is 23.8 Å². The van der Waals surface area contributed by atoms with Gasteiger partial charge in [0.15, 0.2) is 5.75 Å². The van der Waals surface area contributed by atoms with Gasteiger partial charge < -0.3 is 9.42 Å². The summed E-state index contributed by atoms with van der Waals surface area (Å²) in [5.74, 6) is 0.678. The van der Waals surface area contributed by atoms with Crippen molar-refractivity contribution in [3.63, 3.8) is 0 Å². The van der Waals surface area contributed by atoms with E-state index < -0.39 is 7.94 Å². The summed E-state index contributed by atoms with van der Waals surface area (Å²) in [6.45, 7) is 4.25. The SMILES string of the molecule is CCO[P+]1([O-])C/C=C\Cc2cc(C)ccc2O1. The first kappa shape index (κ1) is 12.6. The van der Waals surface area contributed by atoms with Crippen molar-refractivity contribution in [2.45, 2.75) is 20.3 Å². The van der Waals surface area contributed by atoms with Gasteiger partial charge in [-0.3, -0.25) is 0 Å². The summed E-state index contributed by atoms with van der Waals surface area (Å²) in [6.07, 6.45) is 5.05. The Morgan fingerprint density at radius 3 is 3.00 bits per heavy atom. The summed E-state index contributed by atoms with van der Waals surface area (Å²) in [5.41, 5.74) is 2.23. The summed E-state index contributed by atoms with van der Waals surface area (Å²) >= 11 is 0. The van der Waals surface area contributed by atoms with Crippen molar-refractivity contribution in [2.75, 3.05) is 12.8 Å². The van der Waals surface area contributed by atoms with Crippen molar-refractivity contribution >= 4 is 7.94 Å². The van der Waals surface area contributed by atoms with Gasteiger partial charge in [-0.05, 0) is 32.4 Å². The maximum Gasteiger partial charge on any atom is 0.288 e. The lowest BCUT2D eigenvalue weighted by Crippen LogP contribution is -2.22. The summed E-state index contributed by atoms with van der Waals surface area (Å²) in [4.78, 5) is 12.4. The van der Waals surface area contributed by atoms with Gasteiger partial charge in [0.25, 0.3) is 7.94 Å². The maximum atomic E-state index is 12.4. The third kappa shape index (κ3) is 3.06. The zero-order chi connectivity index (χ0) is 12.3. The molecule has 0 spiro atoms. The molecule has 0 amide bonds. The number of aryl methyl sites for hydroxylation is 1. The molecule has 1 aliphatic heterocycles. The monoisotopic (exact) mass is 252 g/mol. The lowest BCUT2D eigenvalue weighted by Gasteiger charge is -2.28. The molecule has 0 saturated heterocycles. The van der Waals surface area contributed by atoms with Gasteiger partial charge in [0.05, 0.1) is 6.61 Å². The smallest absolute Gasteiger partial charge is 0.288 e. The second kappa shape index (κ2) is 5.18. The summed E-state index contributed by atoms with van der Waals surface area (Å²) in [6, 6.07) is 5.89. The summed E-state index contributed by atoms with van der Waals surface area (Å²) in [7, 11) is -3.02. The topological polar surface area (TPSA) is 41.5 Å². The number of hydrogen-bond acceptors (Lipinski definition) is 3. The molecule has 4 heteroatoms. The number of rotatable bonds is 2. The van der Waals surface area contributed by atoms with E-state index in [1.54, 1.807) is 0 Å². The van der Waals surface area contributed by atoms with E-state index in [2.05, 4.69) is 6.07 Å². The van der Waals surface area contributed by atoms with E-state index in [-0.39, 0.29) is 0 Å². The zero-order valence-electron chi connectivity index (χ0n) is 10.2. The zero-order valence-corrected chi connectivity index (χ0v) is 11.1. The molecule has 92 valence electrons. The fourth-order valence-electron chi connectivity index (χ4n) is 1.83. The Balaban J connectivity index is 2.33. The van der Waals surface area contributed by atoms with Crippen LogP contribution in [0.4, 0.5) is 0 Å².